The number of benzene rings is 3. The Hall–Kier alpha value is -3.32. The predicted octanol–water partition coefficient (Wildman–Crippen LogP) is 5.37. The highest BCUT2D eigenvalue weighted by molar-refractivity contribution is 9.10. The molecule has 0 aliphatic carbocycles. The molecule has 0 fully saturated rings. The summed E-state index contributed by atoms with van der Waals surface area (Å²) >= 11 is 3.44. The van der Waals surface area contributed by atoms with Crippen molar-refractivity contribution < 1.29 is 14.3 Å². The number of carbonyl (C=O) groups is 1. The van der Waals surface area contributed by atoms with Crippen LogP contribution in [0.5, 0.6) is 11.5 Å². The van der Waals surface area contributed by atoms with Crippen molar-refractivity contribution in [3.63, 3.8) is 0 Å². The molecular formula is C23H22BrN3O3. The van der Waals surface area contributed by atoms with Gasteiger partial charge in [0.25, 0.3) is 0 Å². The second-order valence-corrected chi connectivity index (χ2v) is 7.30. The van der Waals surface area contributed by atoms with Crippen molar-refractivity contribution in [2.75, 3.05) is 18.5 Å². The molecule has 0 aliphatic rings. The fourth-order valence-corrected chi connectivity index (χ4v) is 2.99. The maximum atomic E-state index is 11.9. The second kappa shape index (κ2) is 11.0. The Kier molecular flexibility index (Phi) is 7.86. The zero-order valence-electron chi connectivity index (χ0n) is 16.5. The van der Waals surface area contributed by atoms with Crippen LogP contribution in [-0.4, -0.2) is 25.5 Å². The highest BCUT2D eigenvalue weighted by Gasteiger charge is 2.04. The fraction of sp³-hybridized carbons (Fsp3) is 0.130. The Balaban J connectivity index is 1.52. The van der Waals surface area contributed by atoms with E-state index in [1.54, 1.807) is 12.1 Å². The number of hydrazone groups is 1. The smallest absolute Gasteiger partial charge is 0.339 e. The Labute approximate surface area is 184 Å². The molecule has 0 bridgehead atoms. The normalized spacial score (nSPS) is 10.6. The number of para-hydroxylation sites is 1. The van der Waals surface area contributed by atoms with Gasteiger partial charge in [0.05, 0.1) is 6.21 Å². The van der Waals surface area contributed by atoms with Crippen LogP contribution < -0.4 is 20.2 Å². The minimum atomic E-state index is -0.429. The molecule has 0 atom stereocenters. The van der Waals surface area contributed by atoms with E-state index in [1.807, 2.05) is 67.6 Å². The van der Waals surface area contributed by atoms with E-state index < -0.39 is 6.03 Å². The van der Waals surface area contributed by atoms with E-state index in [0.29, 0.717) is 24.7 Å². The van der Waals surface area contributed by atoms with Gasteiger partial charge in [0.1, 0.15) is 24.7 Å². The predicted molar refractivity (Wildman–Crippen MR) is 123 cm³/mol. The van der Waals surface area contributed by atoms with Gasteiger partial charge in [-0.15, -0.1) is 0 Å². The van der Waals surface area contributed by atoms with E-state index in [1.165, 1.54) is 6.21 Å². The minimum Gasteiger partial charge on any atom is -0.490 e. The molecule has 3 aromatic carbocycles. The number of nitrogens with one attached hydrogen (secondary N) is 2. The number of urea groups is 1. The van der Waals surface area contributed by atoms with E-state index in [2.05, 4.69) is 31.8 Å². The summed E-state index contributed by atoms with van der Waals surface area (Å²) in [6.45, 7) is 2.80. The summed E-state index contributed by atoms with van der Waals surface area (Å²) in [5, 5.41) is 6.70. The number of nitrogens with zero attached hydrogens (tertiary/aromatic N) is 1. The van der Waals surface area contributed by atoms with Crippen molar-refractivity contribution in [1.29, 1.82) is 0 Å². The molecule has 0 spiro atoms. The SMILES string of the molecule is Cc1cccc(OCCOc2ccc(Br)cc2/C=N/NC(=O)Nc2ccccc2)c1. The third-order valence-corrected chi connectivity index (χ3v) is 4.47. The highest BCUT2D eigenvalue weighted by Crippen LogP contribution is 2.22. The van der Waals surface area contributed by atoms with Crippen molar-refractivity contribution in [1.82, 2.24) is 5.43 Å². The largest absolute Gasteiger partial charge is 0.490 e. The van der Waals surface area contributed by atoms with Crippen LogP contribution in [0.15, 0.2) is 82.4 Å². The van der Waals surface area contributed by atoms with Crippen LogP contribution in [0.3, 0.4) is 0 Å². The van der Waals surface area contributed by atoms with E-state index in [0.717, 1.165) is 21.3 Å². The van der Waals surface area contributed by atoms with Crippen molar-refractivity contribution >= 4 is 33.9 Å². The van der Waals surface area contributed by atoms with E-state index in [-0.39, 0.29) is 0 Å². The summed E-state index contributed by atoms with van der Waals surface area (Å²) in [4.78, 5) is 11.9. The molecule has 0 saturated heterocycles. The number of rotatable bonds is 8. The lowest BCUT2D eigenvalue weighted by Gasteiger charge is -2.11. The van der Waals surface area contributed by atoms with Crippen molar-refractivity contribution in [2.24, 2.45) is 5.10 Å². The molecule has 3 aromatic rings. The number of aryl methyl sites for hydroxylation is 1. The lowest BCUT2D eigenvalue weighted by Crippen LogP contribution is -2.24. The van der Waals surface area contributed by atoms with Crippen molar-refractivity contribution in [3.05, 3.63) is 88.4 Å². The van der Waals surface area contributed by atoms with Gasteiger partial charge >= 0.3 is 6.03 Å². The molecule has 0 unspecified atom stereocenters. The molecule has 30 heavy (non-hydrogen) atoms. The first-order chi connectivity index (χ1) is 14.6. The minimum absolute atomic E-state index is 0.373. The quantitative estimate of drug-likeness (QED) is 0.265. The molecule has 0 aliphatic heterocycles. The van der Waals surface area contributed by atoms with Gasteiger partial charge in [-0.25, -0.2) is 10.2 Å². The van der Waals surface area contributed by atoms with Gasteiger partial charge in [0, 0.05) is 15.7 Å². The first kappa shape index (κ1) is 21.4. The molecule has 154 valence electrons. The molecule has 2 amide bonds. The van der Waals surface area contributed by atoms with Crippen LogP contribution >= 0.6 is 15.9 Å². The zero-order chi connectivity index (χ0) is 21.2. The number of hydrogen-bond acceptors (Lipinski definition) is 4. The van der Waals surface area contributed by atoms with Crippen LogP contribution in [0.1, 0.15) is 11.1 Å². The van der Waals surface area contributed by atoms with Gasteiger partial charge in [-0.1, -0.05) is 46.3 Å². The Morgan fingerprint density at radius 2 is 1.80 bits per heavy atom. The summed E-state index contributed by atoms with van der Waals surface area (Å²) in [6.07, 6.45) is 1.53. The Bertz CT molecular complexity index is 1010. The number of carbonyl (C=O) groups excluding carboxylic acids is 1. The molecule has 3 rings (SSSR count). The monoisotopic (exact) mass is 467 g/mol. The van der Waals surface area contributed by atoms with Crippen molar-refractivity contribution in [2.45, 2.75) is 6.92 Å². The van der Waals surface area contributed by atoms with Gasteiger partial charge < -0.3 is 14.8 Å². The lowest BCUT2D eigenvalue weighted by molar-refractivity contribution is 0.217. The Morgan fingerprint density at radius 1 is 1.00 bits per heavy atom. The lowest BCUT2D eigenvalue weighted by atomic mass is 10.2. The standard InChI is InChI=1S/C23H22BrN3O3/c1-17-6-5-9-21(14-17)29-12-13-30-22-11-10-19(24)15-18(22)16-25-27-23(28)26-20-7-3-2-4-8-20/h2-11,14-16H,12-13H2,1H3,(H2,26,27,28)/b25-16+. The zero-order valence-corrected chi connectivity index (χ0v) is 18.1. The maximum Gasteiger partial charge on any atom is 0.339 e. The van der Waals surface area contributed by atoms with Crippen LogP contribution in [-0.2, 0) is 0 Å². The van der Waals surface area contributed by atoms with Crippen LogP contribution in [0.4, 0.5) is 10.5 Å². The number of halogens is 1. The first-order valence-corrected chi connectivity index (χ1v) is 10.2. The molecule has 0 heterocycles. The average molecular weight is 468 g/mol. The molecule has 6 nitrogen and oxygen atoms in total. The van der Waals surface area contributed by atoms with Gasteiger partial charge in [-0.2, -0.15) is 5.10 Å². The molecule has 0 radical (unpaired) electrons. The molecule has 0 aromatic heterocycles. The second-order valence-electron chi connectivity index (χ2n) is 6.39. The third kappa shape index (κ3) is 6.93. The summed E-state index contributed by atoms with van der Waals surface area (Å²) in [6, 6.07) is 22.2. The van der Waals surface area contributed by atoms with Gasteiger partial charge in [0.15, 0.2) is 0 Å². The summed E-state index contributed by atoms with van der Waals surface area (Å²) in [5.41, 5.74) is 4.99. The number of anilines is 1. The fourth-order valence-electron chi connectivity index (χ4n) is 2.61. The van der Waals surface area contributed by atoms with Gasteiger partial charge in [-0.05, 0) is 55.0 Å². The summed E-state index contributed by atoms with van der Waals surface area (Å²) in [7, 11) is 0. The van der Waals surface area contributed by atoms with Crippen LogP contribution in [0, 0.1) is 6.92 Å². The van der Waals surface area contributed by atoms with Crippen molar-refractivity contribution in [3.8, 4) is 11.5 Å². The number of hydrogen-bond donors (Lipinski definition) is 2. The third-order valence-electron chi connectivity index (χ3n) is 3.97. The first-order valence-electron chi connectivity index (χ1n) is 9.37. The van der Waals surface area contributed by atoms with Crippen LogP contribution in [0.2, 0.25) is 0 Å². The number of amides is 2. The van der Waals surface area contributed by atoms with E-state index in [4.69, 9.17) is 9.47 Å². The van der Waals surface area contributed by atoms with Crippen LogP contribution in [0.25, 0.3) is 0 Å². The molecule has 7 heteroatoms. The molecule has 2 N–H and O–H groups in total. The van der Waals surface area contributed by atoms with E-state index in [9.17, 15) is 4.79 Å². The van der Waals surface area contributed by atoms with E-state index >= 15 is 0 Å². The molecule has 0 saturated carbocycles. The summed E-state index contributed by atoms with van der Waals surface area (Å²) in [5.74, 6) is 1.45. The molecular weight excluding hydrogens is 446 g/mol. The average Bonchev–Trinajstić information content (AvgIpc) is 2.73. The van der Waals surface area contributed by atoms with Gasteiger partial charge in [-0.3, -0.25) is 0 Å². The Morgan fingerprint density at radius 3 is 2.60 bits per heavy atom. The highest BCUT2D eigenvalue weighted by atomic mass is 79.9. The number of ether oxygens (including phenoxy) is 2. The summed E-state index contributed by atoms with van der Waals surface area (Å²) < 4.78 is 12.4. The maximum absolute atomic E-state index is 11.9. The topological polar surface area (TPSA) is 72.0 Å². The van der Waals surface area contributed by atoms with Gasteiger partial charge in [0.2, 0.25) is 0 Å².